The first kappa shape index (κ1) is 13.5. The molecule has 0 aliphatic rings. The predicted octanol–water partition coefficient (Wildman–Crippen LogP) is 1.02. The van der Waals surface area contributed by atoms with Crippen molar-refractivity contribution < 1.29 is 9.53 Å². The second kappa shape index (κ2) is 6.86. The topological polar surface area (TPSA) is 78.3 Å². The van der Waals surface area contributed by atoms with E-state index in [9.17, 15) is 4.79 Å². The zero-order valence-electron chi connectivity index (χ0n) is 8.82. The van der Waals surface area contributed by atoms with Gasteiger partial charge in [-0.3, -0.25) is 0 Å². The molecule has 0 amide bonds. The largest absolute Gasteiger partial charge is 0.462 e. The van der Waals surface area contributed by atoms with E-state index >= 15 is 0 Å². The summed E-state index contributed by atoms with van der Waals surface area (Å²) in [4.78, 5) is 11.9. The van der Waals surface area contributed by atoms with E-state index in [0.29, 0.717) is 11.5 Å². The van der Waals surface area contributed by atoms with E-state index in [4.69, 9.17) is 16.2 Å². The molecule has 0 aromatic carbocycles. The molecule has 0 rings (SSSR count). The normalized spacial score (nSPS) is 12.4. The molecule has 0 saturated heterocycles. The van der Waals surface area contributed by atoms with Crippen molar-refractivity contribution in [1.29, 1.82) is 0 Å². The van der Waals surface area contributed by atoms with Crippen molar-refractivity contribution in [3.63, 3.8) is 0 Å². The third-order valence-corrected chi connectivity index (χ3v) is 2.05. The van der Waals surface area contributed by atoms with Crippen molar-refractivity contribution in [1.82, 2.24) is 0 Å². The first-order valence-electron chi connectivity index (χ1n) is 4.54. The third kappa shape index (κ3) is 6.01. The van der Waals surface area contributed by atoms with Crippen LogP contribution in [0.2, 0.25) is 0 Å². The standard InChI is InChI=1S/C9H18N2O2S/c1-4-13-8(12)7(5-6(2)3)14-9(10)11/h5-6,9H,4,10-11H2,1-3H3/b7-5-. The summed E-state index contributed by atoms with van der Waals surface area (Å²) in [5.74, 6) is -0.0900. The Kier molecular flexibility index (Phi) is 6.61. The van der Waals surface area contributed by atoms with Crippen molar-refractivity contribution in [2.75, 3.05) is 6.61 Å². The summed E-state index contributed by atoms with van der Waals surface area (Å²) in [5, 5.41) is 0. The first-order chi connectivity index (χ1) is 6.47. The van der Waals surface area contributed by atoms with Gasteiger partial charge in [-0.25, -0.2) is 4.79 Å². The van der Waals surface area contributed by atoms with Crippen LogP contribution in [-0.4, -0.2) is 18.1 Å². The van der Waals surface area contributed by atoms with Crippen LogP contribution in [0.1, 0.15) is 20.8 Å². The molecule has 0 radical (unpaired) electrons. The molecule has 0 aliphatic heterocycles. The molecule has 5 heteroatoms. The molecule has 0 aromatic heterocycles. The van der Waals surface area contributed by atoms with Gasteiger partial charge in [0.25, 0.3) is 0 Å². The summed E-state index contributed by atoms with van der Waals surface area (Å²) in [6.45, 7) is 6.07. The van der Waals surface area contributed by atoms with Crippen LogP contribution in [0.3, 0.4) is 0 Å². The van der Waals surface area contributed by atoms with E-state index in [1.165, 1.54) is 0 Å². The van der Waals surface area contributed by atoms with E-state index in [0.717, 1.165) is 11.8 Å². The quantitative estimate of drug-likeness (QED) is 0.409. The molecule has 14 heavy (non-hydrogen) atoms. The van der Waals surface area contributed by atoms with Crippen molar-refractivity contribution >= 4 is 17.7 Å². The second-order valence-electron chi connectivity index (χ2n) is 3.08. The van der Waals surface area contributed by atoms with Crippen LogP contribution in [0, 0.1) is 5.92 Å². The zero-order chi connectivity index (χ0) is 11.1. The van der Waals surface area contributed by atoms with Crippen LogP contribution in [0.15, 0.2) is 11.0 Å². The van der Waals surface area contributed by atoms with Gasteiger partial charge in [-0.1, -0.05) is 31.7 Å². The van der Waals surface area contributed by atoms with E-state index in [1.54, 1.807) is 13.0 Å². The number of ether oxygens (including phenoxy) is 1. The Morgan fingerprint density at radius 1 is 1.50 bits per heavy atom. The lowest BCUT2D eigenvalue weighted by atomic mass is 10.2. The van der Waals surface area contributed by atoms with Crippen LogP contribution >= 0.6 is 11.8 Å². The van der Waals surface area contributed by atoms with E-state index < -0.39 is 5.50 Å². The maximum atomic E-state index is 11.4. The Morgan fingerprint density at radius 2 is 2.07 bits per heavy atom. The minimum absolute atomic E-state index is 0.264. The molecule has 0 aromatic rings. The van der Waals surface area contributed by atoms with Gasteiger partial charge in [0.2, 0.25) is 0 Å². The number of hydrogen-bond donors (Lipinski definition) is 2. The lowest BCUT2D eigenvalue weighted by molar-refractivity contribution is -0.137. The molecule has 0 unspecified atom stereocenters. The summed E-state index contributed by atoms with van der Waals surface area (Å²) in [5.41, 5.74) is 10.2. The SMILES string of the molecule is CCOC(=O)/C(=C/C(C)C)SC(N)N. The number of hydrogen-bond acceptors (Lipinski definition) is 5. The van der Waals surface area contributed by atoms with Gasteiger partial charge in [-0.15, -0.1) is 0 Å². The molecule has 0 bridgehead atoms. The molecule has 82 valence electrons. The Morgan fingerprint density at radius 3 is 2.43 bits per heavy atom. The highest BCUT2D eigenvalue weighted by Crippen LogP contribution is 2.20. The maximum absolute atomic E-state index is 11.4. The Hall–Kier alpha value is -0.520. The molecule has 0 aliphatic carbocycles. The molecule has 0 spiro atoms. The monoisotopic (exact) mass is 218 g/mol. The molecule has 4 N–H and O–H groups in total. The van der Waals surface area contributed by atoms with Gasteiger partial charge in [0.15, 0.2) is 0 Å². The van der Waals surface area contributed by atoms with Crippen LogP contribution in [0.5, 0.6) is 0 Å². The molecule has 4 nitrogen and oxygen atoms in total. The van der Waals surface area contributed by atoms with Crippen LogP contribution in [-0.2, 0) is 9.53 Å². The molecule has 0 saturated carbocycles. The fourth-order valence-electron chi connectivity index (χ4n) is 0.807. The Labute approximate surface area is 89.0 Å². The van der Waals surface area contributed by atoms with Gasteiger partial charge in [-0.2, -0.15) is 0 Å². The molecule has 0 heterocycles. The highest BCUT2D eigenvalue weighted by atomic mass is 32.2. The molecule has 0 atom stereocenters. The third-order valence-electron chi connectivity index (χ3n) is 1.22. The number of carbonyl (C=O) groups excluding carboxylic acids is 1. The number of nitrogens with two attached hydrogens (primary N) is 2. The number of esters is 1. The molecular formula is C9H18N2O2S. The number of allylic oxidation sites excluding steroid dienone is 1. The minimum Gasteiger partial charge on any atom is -0.462 e. The molecule has 0 fully saturated rings. The summed E-state index contributed by atoms with van der Waals surface area (Å²) < 4.78 is 4.87. The van der Waals surface area contributed by atoms with Crippen LogP contribution in [0.25, 0.3) is 0 Å². The van der Waals surface area contributed by atoms with Gasteiger partial charge in [-0.05, 0) is 12.8 Å². The summed E-state index contributed by atoms with van der Waals surface area (Å²) >= 11 is 1.12. The summed E-state index contributed by atoms with van der Waals surface area (Å²) in [6, 6.07) is 0. The second-order valence-corrected chi connectivity index (χ2v) is 4.30. The Balaban J connectivity index is 4.46. The maximum Gasteiger partial charge on any atom is 0.344 e. The fraction of sp³-hybridized carbons (Fsp3) is 0.667. The number of carbonyl (C=O) groups is 1. The van der Waals surface area contributed by atoms with Gasteiger partial charge >= 0.3 is 5.97 Å². The average molecular weight is 218 g/mol. The lowest BCUT2D eigenvalue weighted by Gasteiger charge is -2.10. The minimum atomic E-state index is -0.593. The van der Waals surface area contributed by atoms with Gasteiger partial charge in [0, 0.05) is 0 Å². The molecular weight excluding hydrogens is 200 g/mol. The summed E-state index contributed by atoms with van der Waals surface area (Å²) in [6.07, 6.45) is 1.80. The zero-order valence-corrected chi connectivity index (χ0v) is 9.64. The van der Waals surface area contributed by atoms with E-state index in [2.05, 4.69) is 0 Å². The van der Waals surface area contributed by atoms with E-state index in [1.807, 2.05) is 13.8 Å². The van der Waals surface area contributed by atoms with Crippen molar-refractivity contribution in [2.45, 2.75) is 26.3 Å². The van der Waals surface area contributed by atoms with Gasteiger partial charge in [0.05, 0.1) is 11.5 Å². The van der Waals surface area contributed by atoms with Gasteiger partial charge < -0.3 is 16.2 Å². The van der Waals surface area contributed by atoms with Crippen LogP contribution in [0.4, 0.5) is 0 Å². The van der Waals surface area contributed by atoms with Crippen molar-refractivity contribution in [2.24, 2.45) is 17.4 Å². The average Bonchev–Trinajstić information content (AvgIpc) is 2.01. The number of rotatable bonds is 5. The van der Waals surface area contributed by atoms with Crippen LogP contribution < -0.4 is 11.5 Å². The number of thioether (sulfide) groups is 1. The Bertz CT molecular complexity index is 215. The predicted molar refractivity (Wildman–Crippen MR) is 59.3 cm³/mol. The van der Waals surface area contributed by atoms with Crippen molar-refractivity contribution in [3.05, 3.63) is 11.0 Å². The first-order valence-corrected chi connectivity index (χ1v) is 5.42. The summed E-state index contributed by atoms with van der Waals surface area (Å²) in [7, 11) is 0. The highest BCUT2D eigenvalue weighted by molar-refractivity contribution is 8.04. The lowest BCUT2D eigenvalue weighted by Crippen LogP contribution is -2.27. The smallest absolute Gasteiger partial charge is 0.344 e. The van der Waals surface area contributed by atoms with Crippen molar-refractivity contribution in [3.8, 4) is 0 Å². The highest BCUT2D eigenvalue weighted by Gasteiger charge is 2.13. The van der Waals surface area contributed by atoms with Gasteiger partial charge in [0.1, 0.15) is 5.50 Å². The fourth-order valence-corrected chi connectivity index (χ4v) is 1.61. The van der Waals surface area contributed by atoms with E-state index in [-0.39, 0.29) is 11.9 Å².